The molecular weight excluding hydrogens is 356 g/mol. The van der Waals surface area contributed by atoms with Crippen molar-refractivity contribution in [3.8, 4) is 17.6 Å². The number of methoxy groups -OCH3 is 1. The maximum atomic E-state index is 12.1. The maximum Gasteiger partial charge on any atom is 0.268 e. The third-order valence-corrected chi connectivity index (χ3v) is 4.63. The van der Waals surface area contributed by atoms with E-state index in [1.165, 1.54) is 35.2 Å². The summed E-state index contributed by atoms with van der Waals surface area (Å²) in [5.41, 5.74) is 0.458. The molecule has 21 heavy (non-hydrogen) atoms. The van der Waals surface area contributed by atoms with Crippen LogP contribution in [-0.2, 0) is 7.05 Å². The summed E-state index contributed by atoms with van der Waals surface area (Å²) in [6.45, 7) is 0. The second-order valence-corrected chi connectivity index (χ2v) is 6.05. The van der Waals surface area contributed by atoms with E-state index in [0.717, 1.165) is 0 Å². The molecule has 2 aromatic rings. The standard InChI is InChI=1S/C14H11BrN2O3S/c1-17-13(3-4-16)21-12(14(17)19)6-8-5-10(18)11(20-2)7-9(8)15/h3,5-7,18H,1-2H3/b12-6-,13-3-. The lowest BCUT2D eigenvalue weighted by molar-refractivity contribution is 0.373. The van der Waals surface area contributed by atoms with Crippen LogP contribution in [0.25, 0.3) is 12.2 Å². The number of benzene rings is 1. The summed E-state index contributed by atoms with van der Waals surface area (Å²) < 4.78 is 8.17. The van der Waals surface area contributed by atoms with E-state index in [9.17, 15) is 9.90 Å². The Hall–Kier alpha value is -2.04. The second kappa shape index (κ2) is 6.16. The number of nitrogens with zero attached hydrogens (tertiary/aromatic N) is 2. The molecule has 0 aliphatic carbocycles. The number of thiazole rings is 1. The highest BCUT2D eigenvalue weighted by molar-refractivity contribution is 9.10. The zero-order chi connectivity index (χ0) is 15.6. The highest BCUT2D eigenvalue weighted by Crippen LogP contribution is 2.32. The summed E-state index contributed by atoms with van der Waals surface area (Å²) in [7, 11) is 3.07. The molecule has 2 rings (SSSR count). The van der Waals surface area contributed by atoms with E-state index in [2.05, 4.69) is 15.9 Å². The van der Waals surface area contributed by atoms with Gasteiger partial charge in [-0.15, -0.1) is 11.3 Å². The van der Waals surface area contributed by atoms with Crippen LogP contribution in [0, 0.1) is 11.3 Å². The Morgan fingerprint density at radius 3 is 2.86 bits per heavy atom. The zero-order valence-electron chi connectivity index (χ0n) is 11.3. The van der Waals surface area contributed by atoms with Gasteiger partial charge in [0.2, 0.25) is 0 Å². The van der Waals surface area contributed by atoms with Crippen LogP contribution >= 0.6 is 27.3 Å². The minimum Gasteiger partial charge on any atom is -0.504 e. The normalized spacial score (nSPS) is 12.5. The molecule has 5 nitrogen and oxygen atoms in total. The van der Waals surface area contributed by atoms with Crippen LogP contribution in [-0.4, -0.2) is 16.8 Å². The fourth-order valence-electron chi connectivity index (χ4n) is 1.74. The molecule has 0 spiro atoms. The molecule has 108 valence electrons. The zero-order valence-corrected chi connectivity index (χ0v) is 13.7. The van der Waals surface area contributed by atoms with Crippen LogP contribution < -0.4 is 19.5 Å². The largest absolute Gasteiger partial charge is 0.504 e. The van der Waals surface area contributed by atoms with Gasteiger partial charge in [0.1, 0.15) is 4.66 Å². The van der Waals surface area contributed by atoms with Crippen molar-refractivity contribution in [3.05, 3.63) is 41.7 Å². The minimum absolute atomic E-state index is 0.0101. The van der Waals surface area contributed by atoms with Gasteiger partial charge in [-0.05, 0) is 23.8 Å². The Morgan fingerprint density at radius 2 is 2.24 bits per heavy atom. The van der Waals surface area contributed by atoms with Gasteiger partial charge in [-0.25, -0.2) is 0 Å². The number of phenols is 1. The van der Waals surface area contributed by atoms with Crippen LogP contribution in [0.3, 0.4) is 0 Å². The smallest absolute Gasteiger partial charge is 0.268 e. The van der Waals surface area contributed by atoms with Crippen LogP contribution in [0.1, 0.15) is 5.56 Å². The lowest BCUT2D eigenvalue weighted by atomic mass is 10.2. The van der Waals surface area contributed by atoms with Gasteiger partial charge in [-0.2, -0.15) is 5.26 Å². The van der Waals surface area contributed by atoms with E-state index < -0.39 is 0 Å². The lowest BCUT2D eigenvalue weighted by Crippen LogP contribution is -2.28. The van der Waals surface area contributed by atoms with Crippen molar-refractivity contribution in [1.29, 1.82) is 5.26 Å². The van der Waals surface area contributed by atoms with Crippen molar-refractivity contribution in [2.24, 2.45) is 7.05 Å². The molecule has 0 fully saturated rings. The molecule has 0 aliphatic rings. The SMILES string of the molecule is COc1cc(Br)c(/C=c2\s/c(=C\C#N)n(C)c2=O)cc1O. The first kappa shape index (κ1) is 15.4. The van der Waals surface area contributed by atoms with Gasteiger partial charge in [0, 0.05) is 17.6 Å². The minimum atomic E-state index is -0.191. The van der Waals surface area contributed by atoms with E-state index in [-0.39, 0.29) is 11.3 Å². The molecular formula is C14H11BrN2O3S. The van der Waals surface area contributed by atoms with Gasteiger partial charge in [0.05, 0.1) is 17.7 Å². The van der Waals surface area contributed by atoms with Gasteiger partial charge in [-0.3, -0.25) is 4.79 Å². The van der Waals surface area contributed by atoms with Gasteiger partial charge in [-0.1, -0.05) is 15.9 Å². The number of aromatic nitrogens is 1. The van der Waals surface area contributed by atoms with Crippen molar-refractivity contribution in [1.82, 2.24) is 4.57 Å². The third kappa shape index (κ3) is 3.01. The van der Waals surface area contributed by atoms with E-state index in [1.54, 1.807) is 19.2 Å². The Kier molecular flexibility index (Phi) is 4.50. The molecule has 0 bridgehead atoms. The Morgan fingerprint density at radius 1 is 1.52 bits per heavy atom. The summed E-state index contributed by atoms with van der Waals surface area (Å²) >= 11 is 4.59. The Bertz CT molecular complexity index is 906. The first-order valence-corrected chi connectivity index (χ1v) is 7.42. The molecule has 0 amide bonds. The van der Waals surface area contributed by atoms with Gasteiger partial charge >= 0.3 is 0 Å². The molecule has 1 heterocycles. The van der Waals surface area contributed by atoms with Crippen molar-refractivity contribution in [2.75, 3.05) is 7.11 Å². The third-order valence-electron chi connectivity index (χ3n) is 2.83. The molecule has 0 saturated heterocycles. The van der Waals surface area contributed by atoms with Crippen LogP contribution in [0.15, 0.2) is 21.4 Å². The summed E-state index contributed by atoms with van der Waals surface area (Å²) in [6.07, 6.45) is 2.98. The average Bonchev–Trinajstić information content (AvgIpc) is 2.71. The highest BCUT2D eigenvalue weighted by Gasteiger charge is 2.07. The number of halogens is 1. The molecule has 0 saturated carbocycles. The van der Waals surface area contributed by atoms with Crippen molar-refractivity contribution >= 4 is 39.4 Å². The Labute approximate surface area is 132 Å². The predicted molar refractivity (Wildman–Crippen MR) is 84.8 cm³/mol. The number of hydrogen-bond acceptors (Lipinski definition) is 5. The highest BCUT2D eigenvalue weighted by atomic mass is 79.9. The monoisotopic (exact) mass is 366 g/mol. The van der Waals surface area contributed by atoms with Crippen LogP contribution in [0.4, 0.5) is 0 Å². The first-order chi connectivity index (χ1) is 9.97. The molecule has 0 aliphatic heterocycles. The first-order valence-electron chi connectivity index (χ1n) is 5.81. The number of hydrogen-bond donors (Lipinski definition) is 1. The number of phenolic OH excluding ortho intramolecular Hbond substituents is 1. The summed E-state index contributed by atoms with van der Waals surface area (Å²) in [5, 5.41) is 18.5. The topological polar surface area (TPSA) is 75.2 Å². The molecule has 0 atom stereocenters. The lowest BCUT2D eigenvalue weighted by Gasteiger charge is -2.05. The van der Waals surface area contributed by atoms with Gasteiger partial charge in [0.25, 0.3) is 5.56 Å². The number of rotatable bonds is 2. The average molecular weight is 367 g/mol. The fourth-order valence-corrected chi connectivity index (χ4v) is 3.14. The predicted octanol–water partition coefficient (Wildman–Crippen LogP) is 1.06. The summed E-state index contributed by atoms with van der Waals surface area (Å²) in [6, 6.07) is 5.05. The van der Waals surface area contributed by atoms with Crippen molar-refractivity contribution in [3.63, 3.8) is 0 Å². The van der Waals surface area contributed by atoms with Gasteiger partial charge in [0.15, 0.2) is 11.5 Å². The van der Waals surface area contributed by atoms with Crippen molar-refractivity contribution < 1.29 is 9.84 Å². The molecule has 0 unspecified atom stereocenters. The number of ether oxygens (including phenoxy) is 1. The van der Waals surface area contributed by atoms with Crippen molar-refractivity contribution in [2.45, 2.75) is 0 Å². The summed E-state index contributed by atoms with van der Waals surface area (Å²) in [4.78, 5) is 12.1. The Balaban J connectivity index is 2.69. The van der Waals surface area contributed by atoms with E-state index >= 15 is 0 Å². The second-order valence-electron chi connectivity index (χ2n) is 4.13. The van der Waals surface area contributed by atoms with E-state index in [0.29, 0.717) is 25.0 Å². The van der Waals surface area contributed by atoms with E-state index in [4.69, 9.17) is 10.00 Å². The molecule has 7 heteroatoms. The van der Waals surface area contributed by atoms with Gasteiger partial charge < -0.3 is 14.4 Å². The molecule has 1 aromatic heterocycles. The molecule has 1 N–H and O–H groups in total. The van der Waals surface area contributed by atoms with E-state index in [1.807, 2.05) is 6.07 Å². The quantitative estimate of drug-likeness (QED) is 0.861. The molecule has 0 radical (unpaired) electrons. The number of nitriles is 1. The fraction of sp³-hybridized carbons (Fsp3) is 0.143. The maximum absolute atomic E-state index is 12.1. The van der Waals surface area contributed by atoms with Crippen LogP contribution in [0.5, 0.6) is 11.5 Å². The summed E-state index contributed by atoms with van der Waals surface area (Å²) in [5.74, 6) is 0.334. The number of aromatic hydroxyl groups is 1. The molecule has 1 aromatic carbocycles. The van der Waals surface area contributed by atoms with Crippen LogP contribution in [0.2, 0.25) is 0 Å².